The van der Waals surface area contributed by atoms with Gasteiger partial charge in [-0.05, 0) is 19.8 Å². The number of carboxylic acids is 1. The first-order valence-corrected chi connectivity index (χ1v) is 7.23. The Morgan fingerprint density at radius 3 is 2.90 bits per heavy atom. The fraction of sp³-hybridized carbons (Fsp3) is 0.583. The molecule has 1 aromatic heterocycles. The molecule has 2 amide bonds. The van der Waals surface area contributed by atoms with Crippen molar-refractivity contribution in [3.05, 3.63) is 16.1 Å². The van der Waals surface area contributed by atoms with E-state index in [1.54, 1.807) is 0 Å². The predicted octanol–water partition coefficient (Wildman–Crippen LogP) is 0.883. The predicted molar refractivity (Wildman–Crippen MR) is 72.6 cm³/mol. The Morgan fingerprint density at radius 2 is 2.30 bits per heavy atom. The van der Waals surface area contributed by atoms with Gasteiger partial charge in [-0.25, -0.2) is 14.6 Å². The number of nitrogens with zero attached hydrogens (tertiary/aromatic N) is 1. The molecule has 1 saturated heterocycles. The van der Waals surface area contributed by atoms with Crippen LogP contribution in [0.5, 0.6) is 0 Å². The highest BCUT2D eigenvalue weighted by Gasteiger charge is 2.30. The van der Waals surface area contributed by atoms with Gasteiger partial charge in [-0.3, -0.25) is 0 Å². The Hall–Kier alpha value is -1.67. The summed E-state index contributed by atoms with van der Waals surface area (Å²) in [5, 5.41) is 16.9. The number of hydrogen-bond acceptors (Lipinski definition) is 5. The lowest BCUT2D eigenvalue weighted by Crippen LogP contribution is -2.39. The van der Waals surface area contributed by atoms with Crippen LogP contribution in [-0.2, 0) is 16.1 Å². The first-order chi connectivity index (χ1) is 9.54. The molecular weight excluding hydrogens is 282 g/mol. The van der Waals surface area contributed by atoms with Crippen molar-refractivity contribution in [1.82, 2.24) is 15.6 Å². The molecule has 0 bridgehead atoms. The van der Waals surface area contributed by atoms with Crippen molar-refractivity contribution in [2.75, 3.05) is 6.54 Å². The SMILES string of the molecule is Cc1csc(CNC(=O)NCC2CCC(C(=O)O)O2)n1. The van der Waals surface area contributed by atoms with E-state index in [1.165, 1.54) is 11.3 Å². The summed E-state index contributed by atoms with van der Waals surface area (Å²) >= 11 is 1.49. The molecule has 0 aliphatic carbocycles. The van der Waals surface area contributed by atoms with Crippen molar-refractivity contribution >= 4 is 23.3 Å². The summed E-state index contributed by atoms with van der Waals surface area (Å²) in [7, 11) is 0. The van der Waals surface area contributed by atoms with Crippen LogP contribution in [-0.4, -0.2) is 40.8 Å². The number of amides is 2. The number of carbonyl (C=O) groups excluding carboxylic acids is 1. The number of ether oxygens (including phenoxy) is 1. The molecule has 1 aromatic rings. The Balaban J connectivity index is 1.64. The van der Waals surface area contributed by atoms with E-state index < -0.39 is 12.1 Å². The molecular formula is C12H17N3O4S. The Labute approximate surface area is 120 Å². The summed E-state index contributed by atoms with van der Waals surface area (Å²) in [6.07, 6.45) is 0.150. The Bertz CT molecular complexity index is 491. The van der Waals surface area contributed by atoms with Crippen molar-refractivity contribution in [1.29, 1.82) is 0 Å². The molecule has 7 nitrogen and oxygen atoms in total. The third kappa shape index (κ3) is 4.17. The van der Waals surface area contributed by atoms with E-state index in [4.69, 9.17) is 9.84 Å². The normalized spacial score (nSPS) is 21.6. The zero-order valence-corrected chi connectivity index (χ0v) is 11.9. The third-order valence-electron chi connectivity index (χ3n) is 2.94. The van der Waals surface area contributed by atoms with Crippen molar-refractivity contribution in [2.45, 2.75) is 38.5 Å². The zero-order chi connectivity index (χ0) is 14.5. The van der Waals surface area contributed by atoms with Gasteiger partial charge in [0.05, 0.1) is 12.6 Å². The number of carboxylic acid groups (broad SMARTS) is 1. The van der Waals surface area contributed by atoms with E-state index in [0.29, 0.717) is 25.9 Å². The molecule has 1 fully saturated rings. The minimum atomic E-state index is -0.948. The van der Waals surface area contributed by atoms with Crippen molar-refractivity contribution < 1.29 is 19.4 Å². The topological polar surface area (TPSA) is 101 Å². The van der Waals surface area contributed by atoms with Gasteiger partial charge in [-0.1, -0.05) is 0 Å². The molecule has 0 spiro atoms. The molecule has 0 saturated carbocycles. The molecule has 110 valence electrons. The lowest BCUT2D eigenvalue weighted by Gasteiger charge is -2.12. The quantitative estimate of drug-likeness (QED) is 0.749. The lowest BCUT2D eigenvalue weighted by molar-refractivity contribution is -0.149. The molecule has 1 aliphatic heterocycles. The largest absolute Gasteiger partial charge is 0.479 e. The van der Waals surface area contributed by atoms with E-state index >= 15 is 0 Å². The summed E-state index contributed by atoms with van der Waals surface area (Å²) in [5.74, 6) is -0.948. The number of hydrogen-bond donors (Lipinski definition) is 3. The highest BCUT2D eigenvalue weighted by atomic mass is 32.1. The molecule has 2 rings (SSSR count). The molecule has 20 heavy (non-hydrogen) atoms. The number of urea groups is 1. The van der Waals surface area contributed by atoms with Crippen LogP contribution in [0, 0.1) is 6.92 Å². The molecule has 2 unspecified atom stereocenters. The molecule has 1 aliphatic rings. The van der Waals surface area contributed by atoms with Crippen LogP contribution in [0.4, 0.5) is 4.79 Å². The van der Waals surface area contributed by atoms with Crippen molar-refractivity contribution in [3.63, 3.8) is 0 Å². The summed E-state index contributed by atoms with van der Waals surface area (Å²) in [6.45, 7) is 2.59. The lowest BCUT2D eigenvalue weighted by atomic mass is 10.2. The second-order valence-electron chi connectivity index (χ2n) is 4.61. The average Bonchev–Trinajstić information content (AvgIpc) is 3.03. The maximum atomic E-state index is 11.6. The van der Waals surface area contributed by atoms with Crippen LogP contribution < -0.4 is 10.6 Å². The minimum absolute atomic E-state index is 0.232. The summed E-state index contributed by atoms with van der Waals surface area (Å²) in [5.41, 5.74) is 0.936. The monoisotopic (exact) mass is 299 g/mol. The van der Waals surface area contributed by atoms with Gasteiger partial charge >= 0.3 is 12.0 Å². The summed E-state index contributed by atoms with van der Waals surface area (Å²) < 4.78 is 5.29. The van der Waals surface area contributed by atoms with Crippen LogP contribution in [0.15, 0.2) is 5.38 Å². The van der Waals surface area contributed by atoms with Crippen LogP contribution in [0.25, 0.3) is 0 Å². The molecule has 0 aromatic carbocycles. The number of aromatic nitrogens is 1. The first-order valence-electron chi connectivity index (χ1n) is 6.35. The second kappa shape index (κ2) is 6.67. The molecule has 0 radical (unpaired) electrons. The third-order valence-corrected chi connectivity index (χ3v) is 3.91. The summed E-state index contributed by atoms with van der Waals surface area (Å²) in [4.78, 5) is 26.5. The van der Waals surface area contributed by atoms with E-state index in [-0.39, 0.29) is 12.1 Å². The highest BCUT2D eigenvalue weighted by Crippen LogP contribution is 2.19. The fourth-order valence-corrected chi connectivity index (χ4v) is 2.66. The van der Waals surface area contributed by atoms with E-state index in [9.17, 15) is 9.59 Å². The fourth-order valence-electron chi connectivity index (χ4n) is 1.95. The first kappa shape index (κ1) is 14.7. The zero-order valence-electron chi connectivity index (χ0n) is 11.1. The standard InChI is InChI=1S/C12H17N3O4S/c1-7-6-20-10(15-7)5-14-12(18)13-4-8-2-3-9(19-8)11(16)17/h6,8-9H,2-5H2,1H3,(H,16,17)(H2,13,14,18). The average molecular weight is 299 g/mol. The molecule has 3 N–H and O–H groups in total. The number of thiazole rings is 1. The van der Waals surface area contributed by atoms with E-state index in [0.717, 1.165) is 10.7 Å². The van der Waals surface area contributed by atoms with Gasteiger partial charge in [0.1, 0.15) is 5.01 Å². The van der Waals surface area contributed by atoms with E-state index in [1.807, 2.05) is 12.3 Å². The number of rotatable bonds is 5. The Kier molecular flexibility index (Phi) is 4.91. The number of aryl methyl sites for hydroxylation is 1. The second-order valence-corrected chi connectivity index (χ2v) is 5.55. The van der Waals surface area contributed by atoms with Crippen LogP contribution in [0.2, 0.25) is 0 Å². The van der Waals surface area contributed by atoms with Gasteiger partial charge in [-0.2, -0.15) is 0 Å². The van der Waals surface area contributed by atoms with Crippen LogP contribution in [0.1, 0.15) is 23.5 Å². The summed E-state index contributed by atoms with van der Waals surface area (Å²) in [6, 6.07) is -0.305. The van der Waals surface area contributed by atoms with Crippen LogP contribution in [0.3, 0.4) is 0 Å². The number of nitrogens with one attached hydrogen (secondary N) is 2. The minimum Gasteiger partial charge on any atom is -0.479 e. The molecule has 8 heteroatoms. The maximum absolute atomic E-state index is 11.6. The van der Waals surface area contributed by atoms with Gasteiger partial charge < -0.3 is 20.5 Å². The van der Waals surface area contributed by atoms with Crippen molar-refractivity contribution in [3.8, 4) is 0 Å². The van der Waals surface area contributed by atoms with Gasteiger partial charge in [0.2, 0.25) is 0 Å². The van der Waals surface area contributed by atoms with Gasteiger partial charge in [-0.15, -0.1) is 11.3 Å². The van der Waals surface area contributed by atoms with Gasteiger partial charge in [0.15, 0.2) is 6.10 Å². The number of carbonyl (C=O) groups is 2. The highest BCUT2D eigenvalue weighted by molar-refractivity contribution is 7.09. The van der Waals surface area contributed by atoms with Crippen LogP contribution >= 0.6 is 11.3 Å². The number of aliphatic carboxylic acids is 1. The van der Waals surface area contributed by atoms with Crippen molar-refractivity contribution in [2.24, 2.45) is 0 Å². The van der Waals surface area contributed by atoms with E-state index in [2.05, 4.69) is 15.6 Å². The smallest absolute Gasteiger partial charge is 0.332 e. The Morgan fingerprint density at radius 1 is 1.50 bits per heavy atom. The molecule has 2 heterocycles. The maximum Gasteiger partial charge on any atom is 0.332 e. The van der Waals surface area contributed by atoms with Gasteiger partial charge in [0.25, 0.3) is 0 Å². The molecule has 2 atom stereocenters. The van der Waals surface area contributed by atoms with Gasteiger partial charge in [0, 0.05) is 17.6 Å².